The van der Waals surface area contributed by atoms with E-state index in [1.54, 1.807) is 65.4 Å². The SMILES string of the molecule is CCN(C)C(=O)c1cccc(N)c1O.CCN(C)C(=O)c1cccc(Nc2c(N[C@@H](c3ccc(C)o3)C3(C)COC3)c(=O)c2=O)c1O.CCN(C)C(=O)c1cccc(Nc2c(OC)c(=O)c2=O)c1O.CCN(C)C(=O)c1cccc([N+](=O)[O-])c1O.O=C(O)c1cccc([N+](=O)[O-])c1O.O=C=O.O=C=O.O=C=O.O=C=O. The first-order chi connectivity index (χ1) is 51.8. The first-order valence-electron chi connectivity index (χ1n) is 31.4. The number of ether oxygens (including phenoxy) is 2. The van der Waals surface area contributed by atoms with E-state index in [2.05, 4.69) is 16.0 Å². The monoisotopic (exact) mass is 1530 g/mol. The Kier molecular flexibility index (Phi) is 37.9. The van der Waals surface area contributed by atoms with Gasteiger partial charge in [0.2, 0.25) is 11.5 Å². The molecule has 0 spiro atoms. The number of carboxylic acid groups (broad SMARTS) is 1. The normalized spacial score (nSPS) is 10.9. The number of carbonyl (C=O) groups excluding carboxylic acids is 12. The highest BCUT2D eigenvalue weighted by molar-refractivity contribution is 6.01. The molecule has 584 valence electrons. The number of nitro benzene ring substituents is 2. The molecule has 7 aromatic carbocycles. The van der Waals surface area contributed by atoms with Crippen LogP contribution >= 0.6 is 0 Å². The molecule has 0 saturated carbocycles. The number of anilines is 6. The number of amides is 4. The van der Waals surface area contributed by atoms with Crippen LogP contribution in [0.2, 0.25) is 0 Å². The molecule has 1 saturated heterocycles. The molecule has 110 heavy (non-hydrogen) atoms. The number of nitrogen functional groups attached to an aromatic ring is 1. The van der Waals surface area contributed by atoms with Gasteiger partial charge in [-0.15, -0.1) is 0 Å². The lowest BCUT2D eigenvalue weighted by atomic mass is 9.79. The number of phenols is 5. The topological polar surface area (TPSA) is 605 Å². The van der Waals surface area contributed by atoms with E-state index in [1.165, 1.54) is 69.2 Å². The molecule has 1 fully saturated rings. The van der Waals surface area contributed by atoms with Crippen LogP contribution in [-0.2, 0) is 43.1 Å². The summed E-state index contributed by atoms with van der Waals surface area (Å²) in [6.45, 7) is 14.1. The number of nitrogens with two attached hydrogens (primary N) is 1. The minimum atomic E-state index is -1.40. The zero-order valence-corrected chi connectivity index (χ0v) is 60.4. The third-order valence-corrected chi connectivity index (χ3v) is 15.4. The minimum Gasteiger partial charge on any atom is -0.505 e. The Morgan fingerprint density at radius 2 is 0.845 bits per heavy atom. The second-order valence-corrected chi connectivity index (χ2v) is 22.3. The number of nitro groups is 2. The zero-order chi connectivity index (χ0) is 84.2. The van der Waals surface area contributed by atoms with Gasteiger partial charge in [0.25, 0.3) is 45.3 Å². The maximum Gasteiger partial charge on any atom is 0.373 e. The van der Waals surface area contributed by atoms with Gasteiger partial charge in [-0.25, -0.2) is 4.79 Å². The molecule has 1 aliphatic heterocycles. The maximum absolute atomic E-state index is 12.5. The fourth-order valence-electron chi connectivity index (χ4n) is 9.00. The standard InChI is InChI=1S/C24H27N3O6.C15H16N2O5.C10H12N2O4.C10H14N2O2.C7H5NO5.4CO2/c1-5-27(4)23(31)14-7-6-8-15(19(14)28)25-17-18(21(30)20(17)29)26-22(24(3)11-32-12-24)16-10-9-13(2)33-16;1-4-17(2)15(21)8-6-5-7-9(11(8)18)16-10-12(19)13(20)14(10)22-3;1-3-11(2)10(14)7-5-4-6-8(9(7)13)12(15)16;1-3-12(2)10(14)7-5-4-6-8(11)9(7)13;9-6-4(7(10)11)2-1-3-5(6)8(12)13;4*2-1-3/h6-10,22,25-26,28H,5,11-12H2,1-4H3;5-7,16,18H,4H2,1-3H3;4-6,13H,3H2,1-2H3;4-6,13H,3,11H2,1-2H3;1-3,9H,(H,10,11);;;;/t22-;;;;;;;;/m0......../s1. The van der Waals surface area contributed by atoms with Crippen LogP contribution in [-0.4, -0.2) is 189 Å². The molecule has 9 rings (SSSR count). The van der Waals surface area contributed by atoms with Gasteiger partial charge in [-0.1, -0.05) is 37.3 Å². The van der Waals surface area contributed by atoms with Crippen molar-refractivity contribution in [2.75, 3.05) is 96.4 Å². The van der Waals surface area contributed by atoms with Crippen molar-refractivity contribution in [3.63, 3.8) is 0 Å². The van der Waals surface area contributed by atoms with Crippen molar-refractivity contribution in [2.45, 2.75) is 47.6 Å². The summed E-state index contributed by atoms with van der Waals surface area (Å²) in [6, 6.07) is 24.4. The third-order valence-electron chi connectivity index (χ3n) is 15.4. The summed E-state index contributed by atoms with van der Waals surface area (Å²) in [5.74, 6) is -3.62. The van der Waals surface area contributed by atoms with Gasteiger partial charge >= 0.3 is 42.0 Å². The van der Waals surface area contributed by atoms with E-state index < -0.39 is 77.9 Å². The molecule has 0 bridgehead atoms. The molecular weight excluding hydrogens is 1460 g/mol. The van der Waals surface area contributed by atoms with Gasteiger partial charge in [-0.05, 0) is 95.3 Å². The Labute approximate surface area is 621 Å². The maximum atomic E-state index is 12.5. The number of hydrogen-bond acceptors (Lipinski definition) is 33. The average molecular weight is 1540 g/mol. The number of aromatic carboxylic acids is 1. The van der Waals surface area contributed by atoms with Crippen LogP contribution in [0.25, 0.3) is 0 Å². The van der Waals surface area contributed by atoms with Crippen molar-refractivity contribution in [2.24, 2.45) is 5.41 Å². The smallest absolute Gasteiger partial charge is 0.373 e. The summed E-state index contributed by atoms with van der Waals surface area (Å²) in [7, 11) is 7.74. The first kappa shape index (κ1) is 93.2. The van der Waals surface area contributed by atoms with Gasteiger partial charge in [0, 0.05) is 71.9 Å². The van der Waals surface area contributed by atoms with E-state index in [4.69, 9.17) is 68.2 Å². The van der Waals surface area contributed by atoms with Gasteiger partial charge in [-0.2, -0.15) is 38.4 Å². The lowest BCUT2D eigenvalue weighted by molar-refractivity contribution is -0.386. The molecule has 8 aromatic rings. The molecule has 4 amide bonds. The molecule has 2 heterocycles. The molecule has 1 aromatic heterocycles. The Bertz CT molecular complexity index is 4790. The van der Waals surface area contributed by atoms with Crippen LogP contribution in [0.15, 0.2) is 127 Å². The summed E-state index contributed by atoms with van der Waals surface area (Å²) in [6.07, 6.45) is 1.00. The molecule has 0 radical (unpaired) electrons. The van der Waals surface area contributed by atoms with Gasteiger partial charge < -0.3 is 85.8 Å². The zero-order valence-electron chi connectivity index (χ0n) is 60.4. The summed E-state index contributed by atoms with van der Waals surface area (Å²) in [5, 5.41) is 87.1. The molecule has 40 nitrogen and oxygen atoms in total. The number of rotatable bonds is 20. The highest BCUT2D eigenvalue weighted by Crippen LogP contribution is 2.44. The van der Waals surface area contributed by atoms with Crippen LogP contribution in [0, 0.1) is 32.6 Å². The molecule has 11 N–H and O–H groups in total. The fraction of sp³-hybridized carbons (Fsp3) is 0.271. The number of nitrogens with one attached hydrogen (secondary N) is 3. The molecule has 0 aliphatic carbocycles. The summed E-state index contributed by atoms with van der Waals surface area (Å²) < 4.78 is 16.0. The van der Waals surface area contributed by atoms with Crippen molar-refractivity contribution < 1.29 is 117 Å². The lowest BCUT2D eigenvalue weighted by Gasteiger charge is -2.44. The molecule has 0 unspecified atom stereocenters. The van der Waals surface area contributed by atoms with E-state index >= 15 is 0 Å². The van der Waals surface area contributed by atoms with Gasteiger partial charge in [-0.3, -0.25) is 58.6 Å². The Balaban J connectivity index is 0.000000690. The number of methoxy groups -OCH3 is 1. The summed E-state index contributed by atoms with van der Waals surface area (Å²) in [4.78, 5) is 196. The number of carbonyl (C=O) groups is 5. The van der Waals surface area contributed by atoms with E-state index in [1.807, 2.05) is 46.8 Å². The lowest BCUT2D eigenvalue weighted by Crippen LogP contribution is -2.49. The second-order valence-electron chi connectivity index (χ2n) is 22.3. The van der Waals surface area contributed by atoms with Crippen molar-refractivity contribution in [3.8, 4) is 34.5 Å². The molecule has 1 aliphatic rings. The van der Waals surface area contributed by atoms with Crippen molar-refractivity contribution >= 4 is 99.7 Å². The first-order valence-corrected chi connectivity index (χ1v) is 31.4. The summed E-state index contributed by atoms with van der Waals surface area (Å²) in [5.41, 5.74) is 1.81. The Hall–Kier alpha value is -14.8. The number of hydrogen-bond donors (Lipinski definition) is 10. The predicted molar refractivity (Wildman–Crippen MR) is 380 cm³/mol. The Morgan fingerprint density at radius 3 is 1.18 bits per heavy atom. The number of aryl methyl sites for hydroxylation is 1. The van der Waals surface area contributed by atoms with Gasteiger partial charge in [0.1, 0.15) is 34.1 Å². The number of aromatic hydroxyl groups is 5. The third kappa shape index (κ3) is 24.4. The quantitative estimate of drug-likeness (QED) is 0.0160. The molecule has 40 heteroatoms. The minimum absolute atomic E-state index is 0.0286. The predicted octanol–water partition coefficient (Wildman–Crippen LogP) is 4.87. The van der Waals surface area contributed by atoms with E-state index in [-0.39, 0.29) is 127 Å². The summed E-state index contributed by atoms with van der Waals surface area (Å²) >= 11 is 0. The van der Waals surface area contributed by atoms with Crippen molar-refractivity contribution in [1.82, 2.24) is 19.6 Å². The van der Waals surface area contributed by atoms with Crippen molar-refractivity contribution in [1.29, 1.82) is 0 Å². The van der Waals surface area contributed by atoms with Crippen LogP contribution in [0.3, 0.4) is 0 Å². The van der Waals surface area contributed by atoms with Gasteiger partial charge in [0.15, 0.2) is 23.0 Å². The van der Waals surface area contributed by atoms with Crippen LogP contribution in [0.1, 0.15) is 104 Å². The number of carboxylic acids is 1. The molecular formula is C70H74N10O30. The van der Waals surface area contributed by atoms with E-state index in [9.17, 15) is 83.8 Å². The number of benzene rings is 5. The highest BCUT2D eigenvalue weighted by atomic mass is 16.6. The highest BCUT2D eigenvalue weighted by Gasteiger charge is 2.45. The van der Waals surface area contributed by atoms with Crippen LogP contribution < -0.4 is 48.1 Å². The average Bonchev–Trinajstić information content (AvgIpc) is 1.10. The Morgan fingerprint density at radius 1 is 0.518 bits per heavy atom. The number of furan rings is 1. The number of nitrogens with zero attached hydrogens (tertiary/aromatic N) is 6. The van der Waals surface area contributed by atoms with Crippen LogP contribution in [0.4, 0.5) is 45.5 Å². The fourth-order valence-corrected chi connectivity index (χ4v) is 9.00. The molecule has 1 atom stereocenters. The number of phenolic OH excluding ortho intramolecular Hbond substituents is 4. The van der Waals surface area contributed by atoms with E-state index in [0.29, 0.717) is 45.2 Å². The second kappa shape index (κ2) is 44.7. The van der Waals surface area contributed by atoms with Crippen molar-refractivity contribution in [3.05, 3.63) is 204 Å². The van der Waals surface area contributed by atoms with Gasteiger partial charge in [0.05, 0.1) is 75.5 Å². The number of para-hydroxylation sites is 5. The van der Waals surface area contributed by atoms with Crippen LogP contribution in [0.5, 0.6) is 34.5 Å². The van der Waals surface area contributed by atoms with E-state index in [0.717, 1.165) is 24.0 Å². The largest absolute Gasteiger partial charge is 0.505 e.